The van der Waals surface area contributed by atoms with Crippen molar-refractivity contribution in [3.63, 3.8) is 0 Å². The van der Waals surface area contributed by atoms with Gasteiger partial charge in [0.05, 0.1) is 0 Å². The number of hydrogen-bond acceptors (Lipinski definition) is 2. The van der Waals surface area contributed by atoms with E-state index in [0.29, 0.717) is 5.57 Å². The van der Waals surface area contributed by atoms with E-state index in [1.807, 2.05) is 13.0 Å². The number of carbonyl (C=O) groups excluding carboxylic acids is 1. The highest BCUT2D eigenvalue weighted by Crippen LogP contribution is 2.12. The summed E-state index contributed by atoms with van der Waals surface area (Å²) in [6.07, 6.45) is 10.6. The maximum absolute atomic E-state index is 12.0. The van der Waals surface area contributed by atoms with Crippen molar-refractivity contribution in [2.45, 2.75) is 58.8 Å². The van der Waals surface area contributed by atoms with Crippen LogP contribution in [0.15, 0.2) is 29.8 Å². The van der Waals surface area contributed by atoms with E-state index in [4.69, 9.17) is 0 Å². The number of carbonyl (C=O) groups is 1. The Labute approximate surface area is 134 Å². The van der Waals surface area contributed by atoms with Crippen LogP contribution >= 0.6 is 0 Å². The van der Waals surface area contributed by atoms with Crippen LogP contribution in [0.4, 0.5) is 0 Å². The van der Waals surface area contributed by atoms with Crippen molar-refractivity contribution in [1.82, 2.24) is 5.32 Å². The van der Waals surface area contributed by atoms with Gasteiger partial charge < -0.3 is 10.4 Å². The normalized spacial score (nSPS) is 11.5. The summed E-state index contributed by atoms with van der Waals surface area (Å²) in [6.45, 7) is 4.78. The molecule has 1 amide bonds. The highest BCUT2D eigenvalue weighted by Gasteiger charge is 2.03. The average molecular weight is 303 g/mol. The number of aromatic hydroxyl groups is 1. The van der Waals surface area contributed by atoms with Crippen molar-refractivity contribution in [2.75, 3.05) is 6.54 Å². The molecule has 122 valence electrons. The lowest BCUT2D eigenvalue weighted by Gasteiger charge is -2.06. The summed E-state index contributed by atoms with van der Waals surface area (Å²) in [5.74, 6) is 0.220. The van der Waals surface area contributed by atoms with Crippen LogP contribution in [0, 0.1) is 0 Å². The Balaban J connectivity index is 2.20. The van der Waals surface area contributed by atoms with E-state index >= 15 is 0 Å². The third kappa shape index (κ3) is 7.87. The highest BCUT2D eigenvalue weighted by molar-refractivity contribution is 5.97. The van der Waals surface area contributed by atoms with Gasteiger partial charge in [-0.15, -0.1) is 0 Å². The third-order valence-corrected chi connectivity index (χ3v) is 3.70. The van der Waals surface area contributed by atoms with E-state index in [-0.39, 0.29) is 11.7 Å². The van der Waals surface area contributed by atoms with Crippen molar-refractivity contribution in [1.29, 1.82) is 0 Å². The summed E-state index contributed by atoms with van der Waals surface area (Å²) in [7, 11) is 0. The zero-order chi connectivity index (χ0) is 16.2. The fraction of sp³-hybridized carbons (Fsp3) is 0.526. The summed E-state index contributed by atoms with van der Waals surface area (Å²) >= 11 is 0. The molecule has 0 aliphatic heterocycles. The SMILES string of the molecule is CCCCCCCCCNC(=O)/C(C)=C/c1ccc(O)cc1. The first kappa shape index (κ1) is 18.3. The van der Waals surface area contributed by atoms with E-state index in [2.05, 4.69) is 12.2 Å². The summed E-state index contributed by atoms with van der Waals surface area (Å²) in [4.78, 5) is 12.0. The molecular weight excluding hydrogens is 274 g/mol. The number of phenolic OH excluding ortho intramolecular Hbond substituents is 1. The molecule has 0 saturated carbocycles. The molecule has 0 aromatic heterocycles. The Bertz CT molecular complexity index is 463. The molecule has 0 bridgehead atoms. The standard InChI is InChI=1S/C19H29NO2/c1-3-4-5-6-7-8-9-14-20-19(22)16(2)15-17-10-12-18(21)13-11-17/h10-13,15,21H,3-9,14H2,1-2H3,(H,20,22)/b16-15+. The quantitative estimate of drug-likeness (QED) is 0.488. The van der Waals surface area contributed by atoms with Crippen LogP contribution < -0.4 is 5.32 Å². The Hall–Kier alpha value is -1.77. The van der Waals surface area contributed by atoms with Crippen LogP contribution in [-0.4, -0.2) is 17.6 Å². The largest absolute Gasteiger partial charge is 0.508 e. The first-order chi connectivity index (χ1) is 10.6. The van der Waals surface area contributed by atoms with Gasteiger partial charge >= 0.3 is 0 Å². The molecule has 3 heteroatoms. The molecular formula is C19H29NO2. The molecule has 0 aliphatic rings. The van der Waals surface area contributed by atoms with Gasteiger partial charge in [0, 0.05) is 12.1 Å². The van der Waals surface area contributed by atoms with Crippen molar-refractivity contribution in [3.05, 3.63) is 35.4 Å². The lowest BCUT2D eigenvalue weighted by atomic mass is 10.1. The van der Waals surface area contributed by atoms with Crippen molar-refractivity contribution >= 4 is 12.0 Å². The lowest BCUT2D eigenvalue weighted by Crippen LogP contribution is -2.25. The highest BCUT2D eigenvalue weighted by atomic mass is 16.3. The molecule has 2 N–H and O–H groups in total. The molecule has 1 rings (SSSR count). The summed E-state index contributed by atoms with van der Waals surface area (Å²) in [6, 6.07) is 6.83. The Morgan fingerprint density at radius 2 is 1.64 bits per heavy atom. The second kappa shape index (κ2) is 10.9. The number of hydrogen-bond donors (Lipinski definition) is 2. The minimum atomic E-state index is -0.0148. The second-order valence-electron chi connectivity index (χ2n) is 5.80. The lowest BCUT2D eigenvalue weighted by molar-refractivity contribution is -0.117. The van der Waals surface area contributed by atoms with Crippen LogP contribution in [0.1, 0.15) is 64.4 Å². The third-order valence-electron chi connectivity index (χ3n) is 3.70. The predicted molar refractivity (Wildman–Crippen MR) is 92.8 cm³/mol. The van der Waals surface area contributed by atoms with Gasteiger partial charge in [-0.1, -0.05) is 57.6 Å². The van der Waals surface area contributed by atoms with Crippen molar-refractivity contribution < 1.29 is 9.90 Å². The minimum absolute atomic E-state index is 0.0148. The number of amides is 1. The summed E-state index contributed by atoms with van der Waals surface area (Å²) < 4.78 is 0. The van der Waals surface area contributed by atoms with Crippen molar-refractivity contribution in [2.24, 2.45) is 0 Å². The fourth-order valence-corrected chi connectivity index (χ4v) is 2.31. The van der Waals surface area contributed by atoms with Gasteiger partial charge in [0.1, 0.15) is 5.75 Å². The zero-order valence-electron chi connectivity index (χ0n) is 13.9. The van der Waals surface area contributed by atoms with Gasteiger partial charge in [0.25, 0.3) is 0 Å². The van der Waals surface area contributed by atoms with Crippen LogP contribution in [0.25, 0.3) is 6.08 Å². The Kier molecular flexibility index (Phi) is 9.04. The molecule has 0 saturated heterocycles. The first-order valence-corrected chi connectivity index (χ1v) is 8.39. The van der Waals surface area contributed by atoms with Gasteiger partial charge in [0.15, 0.2) is 0 Å². The summed E-state index contributed by atoms with van der Waals surface area (Å²) in [5, 5.41) is 12.2. The van der Waals surface area contributed by atoms with Gasteiger partial charge in [-0.25, -0.2) is 0 Å². The van der Waals surface area contributed by atoms with Crippen LogP contribution in [0.3, 0.4) is 0 Å². The predicted octanol–water partition coefficient (Wildman–Crippen LogP) is 4.66. The smallest absolute Gasteiger partial charge is 0.246 e. The van der Waals surface area contributed by atoms with Gasteiger partial charge in [-0.2, -0.15) is 0 Å². The van der Waals surface area contributed by atoms with Crippen LogP contribution in [0.5, 0.6) is 5.75 Å². The summed E-state index contributed by atoms with van der Waals surface area (Å²) in [5.41, 5.74) is 1.61. The molecule has 0 spiro atoms. The van der Waals surface area contributed by atoms with E-state index in [0.717, 1.165) is 18.5 Å². The average Bonchev–Trinajstić information content (AvgIpc) is 2.52. The molecule has 0 fully saturated rings. The molecule has 1 aromatic carbocycles. The van der Waals surface area contributed by atoms with Crippen molar-refractivity contribution in [3.8, 4) is 5.75 Å². The molecule has 0 aliphatic carbocycles. The molecule has 1 aromatic rings. The fourth-order valence-electron chi connectivity index (χ4n) is 2.31. The number of nitrogens with one attached hydrogen (secondary N) is 1. The van der Waals surface area contributed by atoms with E-state index in [9.17, 15) is 9.90 Å². The molecule has 0 radical (unpaired) electrons. The Morgan fingerprint density at radius 3 is 2.27 bits per heavy atom. The number of phenols is 1. The number of rotatable bonds is 10. The number of unbranched alkanes of at least 4 members (excludes halogenated alkanes) is 6. The van der Waals surface area contributed by atoms with E-state index < -0.39 is 0 Å². The number of benzene rings is 1. The maximum Gasteiger partial charge on any atom is 0.246 e. The molecule has 0 atom stereocenters. The molecule has 0 unspecified atom stereocenters. The van der Waals surface area contributed by atoms with Gasteiger partial charge in [-0.3, -0.25) is 4.79 Å². The molecule has 22 heavy (non-hydrogen) atoms. The van der Waals surface area contributed by atoms with Gasteiger partial charge in [0.2, 0.25) is 5.91 Å². The molecule has 3 nitrogen and oxygen atoms in total. The minimum Gasteiger partial charge on any atom is -0.508 e. The second-order valence-corrected chi connectivity index (χ2v) is 5.80. The maximum atomic E-state index is 12.0. The monoisotopic (exact) mass is 303 g/mol. The zero-order valence-corrected chi connectivity index (χ0v) is 13.9. The van der Waals surface area contributed by atoms with Gasteiger partial charge in [-0.05, 0) is 37.1 Å². The van der Waals surface area contributed by atoms with Crippen LogP contribution in [0.2, 0.25) is 0 Å². The van der Waals surface area contributed by atoms with Crippen LogP contribution in [-0.2, 0) is 4.79 Å². The topological polar surface area (TPSA) is 49.3 Å². The molecule has 0 heterocycles. The first-order valence-electron chi connectivity index (χ1n) is 8.39. The Morgan fingerprint density at radius 1 is 1.05 bits per heavy atom. The van der Waals surface area contributed by atoms with E-state index in [1.165, 1.54) is 38.5 Å². The van der Waals surface area contributed by atoms with E-state index in [1.54, 1.807) is 24.3 Å².